The first kappa shape index (κ1) is 16.6. The fourth-order valence-electron chi connectivity index (χ4n) is 3.16. The summed E-state index contributed by atoms with van der Waals surface area (Å²) in [5.74, 6) is 0.968. The van der Waals surface area contributed by atoms with Gasteiger partial charge in [-0.05, 0) is 0 Å². The Bertz CT molecular complexity index is 617. The molecule has 0 amide bonds. The Morgan fingerprint density at radius 2 is 2.26 bits per heavy atom. The molecule has 7 nitrogen and oxygen atoms in total. The minimum absolute atomic E-state index is 0.0713. The highest BCUT2D eigenvalue weighted by molar-refractivity contribution is 7.91. The molecule has 0 radical (unpaired) electrons. The fourth-order valence-corrected chi connectivity index (χ4v) is 3.99. The standard InChI is InChI=1S/C15H23N3O4S/c1-2-23(19,20)8-6-18-11-15(12-18)9-13(3-7-21-15)22-14-10-16-4-5-17-14/h4-5,10,13H,2-3,6-9,11-12H2,1H3/t13-/m0/s1. The van der Waals surface area contributed by atoms with Gasteiger partial charge in [-0.1, -0.05) is 6.92 Å². The lowest BCUT2D eigenvalue weighted by molar-refractivity contribution is -0.184. The highest BCUT2D eigenvalue weighted by Gasteiger charge is 2.48. The van der Waals surface area contributed by atoms with E-state index in [9.17, 15) is 8.42 Å². The van der Waals surface area contributed by atoms with Crippen LogP contribution < -0.4 is 4.74 Å². The van der Waals surface area contributed by atoms with Gasteiger partial charge in [0.1, 0.15) is 6.10 Å². The van der Waals surface area contributed by atoms with Crippen molar-refractivity contribution in [1.29, 1.82) is 0 Å². The van der Waals surface area contributed by atoms with Crippen molar-refractivity contribution >= 4 is 9.84 Å². The van der Waals surface area contributed by atoms with E-state index in [4.69, 9.17) is 9.47 Å². The molecule has 128 valence electrons. The van der Waals surface area contributed by atoms with Gasteiger partial charge in [-0.25, -0.2) is 13.4 Å². The highest BCUT2D eigenvalue weighted by Crippen LogP contribution is 2.35. The molecule has 2 saturated heterocycles. The number of hydrogen-bond acceptors (Lipinski definition) is 7. The third kappa shape index (κ3) is 4.19. The Hall–Kier alpha value is -1.25. The number of rotatable bonds is 6. The summed E-state index contributed by atoms with van der Waals surface area (Å²) in [5.41, 5.74) is -0.193. The van der Waals surface area contributed by atoms with Crippen LogP contribution in [0.15, 0.2) is 18.6 Å². The van der Waals surface area contributed by atoms with Crippen molar-refractivity contribution in [2.45, 2.75) is 31.5 Å². The highest BCUT2D eigenvalue weighted by atomic mass is 32.2. The molecule has 0 N–H and O–H groups in total. The van der Waals surface area contributed by atoms with Crippen LogP contribution in [0, 0.1) is 0 Å². The molecular formula is C15H23N3O4S. The predicted octanol–water partition coefficient (Wildman–Crippen LogP) is 0.524. The van der Waals surface area contributed by atoms with Crippen LogP contribution in [0.1, 0.15) is 19.8 Å². The molecule has 1 atom stereocenters. The smallest absolute Gasteiger partial charge is 0.232 e. The Labute approximate surface area is 136 Å². The SMILES string of the molecule is CCS(=O)(=O)CCN1CC2(C[C@@H](Oc3cnccn3)CCO2)C1. The average molecular weight is 341 g/mol. The lowest BCUT2D eigenvalue weighted by Crippen LogP contribution is -2.66. The first-order chi connectivity index (χ1) is 11.0. The van der Waals surface area contributed by atoms with Crippen LogP contribution in [-0.4, -0.2) is 72.7 Å². The zero-order valence-electron chi connectivity index (χ0n) is 13.3. The van der Waals surface area contributed by atoms with Crippen LogP contribution >= 0.6 is 0 Å². The third-order valence-electron chi connectivity index (χ3n) is 4.46. The molecule has 0 unspecified atom stereocenters. The molecule has 23 heavy (non-hydrogen) atoms. The van der Waals surface area contributed by atoms with Crippen molar-refractivity contribution in [2.24, 2.45) is 0 Å². The second kappa shape index (κ2) is 6.70. The van der Waals surface area contributed by atoms with E-state index >= 15 is 0 Å². The van der Waals surface area contributed by atoms with Crippen molar-refractivity contribution in [2.75, 3.05) is 37.7 Å². The maximum absolute atomic E-state index is 11.6. The molecule has 1 aromatic rings. The summed E-state index contributed by atoms with van der Waals surface area (Å²) in [6.45, 7) is 4.47. The van der Waals surface area contributed by atoms with Gasteiger partial charge >= 0.3 is 0 Å². The van der Waals surface area contributed by atoms with E-state index in [0.29, 0.717) is 19.0 Å². The maximum Gasteiger partial charge on any atom is 0.232 e. The summed E-state index contributed by atoms with van der Waals surface area (Å²) in [7, 11) is -2.91. The van der Waals surface area contributed by atoms with Gasteiger partial charge in [-0.2, -0.15) is 0 Å². The molecule has 0 aromatic carbocycles. The van der Waals surface area contributed by atoms with Crippen LogP contribution in [-0.2, 0) is 14.6 Å². The third-order valence-corrected chi connectivity index (χ3v) is 6.14. The van der Waals surface area contributed by atoms with Gasteiger partial charge < -0.3 is 9.47 Å². The summed E-state index contributed by atoms with van der Waals surface area (Å²) < 4.78 is 35.0. The summed E-state index contributed by atoms with van der Waals surface area (Å²) in [5, 5.41) is 0. The first-order valence-corrected chi connectivity index (χ1v) is 9.82. The van der Waals surface area contributed by atoms with E-state index in [1.807, 2.05) is 0 Å². The summed E-state index contributed by atoms with van der Waals surface area (Å²) >= 11 is 0. The molecule has 2 aliphatic rings. The number of sulfone groups is 1. The molecular weight excluding hydrogens is 318 g/mol. The lowest BCUT2D eigenvalue weighted by Gasteiger charge is -2.53. The number of nitrogens with zero attached hydrogens (tertiary/aromatic N) is 3. The van der Waals surface area contributed by atoms with E-state index < -0.39 is 9.84 Å². The summed E-state index contributed by atoms with van der Waals surface area (Å²) in [4.78, 5) is 10.3. The normalized spacial score (nSPS) is 24.3. The molecule has 0 aliphatic carbocycles. The van der Waals surface area contributed by atoms with Gasteiger partial charge in [0.2, 0.25) is 5.88 Å². The van der Waals surface area contributed by atoms with Gasteiger partial charge in [0, 0.05) is 50.6 Å². The molecule has 8 heteroatoms. The number of ether oxygens (including phenoxy) is 2. The van der Waals surface area contributed by atoms with Gasteiger partial charge in [-0.15, -0.1) is 0 Å². The second-order valence-corrected chi connectivity index (χ2v) is 8.73. The van der Waals surface area contributed by atoms with Gasteiger partial charge in [0.25, 0.3) is 0 Å². The number of hydrogen-bond donors (Lipinski definition) is 0. The lowest BCUT2D eigenvalue weighted by atomic mass is 9.85. The van der Waals surface area contributed by atoms with Crippen LogP contribution in [0.25, 0.3) is 0 Å². The fraction of sp³-hybridized carbons (Fsp3) is 0.733. The van der Waals surface area contributed by atoms with Crippen LogP contribution in [0.4, 0.5) is 0 Å². The van der Waals surface area contributed by atoms with Crippen molar-refractivity contribution in [1.82, 2.24) is 14.9 Å². The first-order valence-electron chi connectivity index (χ1n) is 8.00. The predicted molar refractivity (Wildman–Crippen MR) is 85.1 cm³/mol. The van der Waals surface area contributed by atoms with Gasteiger partial charge in [0.15, 0.2) is 9.84 Å². The molecule has 1 aromatic heterocycles. The largest absolute Gasteiger partial charge is 0.473 e. The monoisotopic (exact) mass is 341 g/mol. The molecule has 3 heterocycles. The van der Waals surface area contributed by atoms with E-state index in [2.05, 4.69) is 14.9 Å². The van der Waals surface area contributed by atoms with E-state index in [0.717, 1.165) is 25.9 Å². The van der Waals surface area contributed by atoms with E-state index in [1.54, 1.807) is 25.5 Å². The minimum Gasteiger partial charge on any atom is -0.473 e. The van der Waals surface area contributed by atoms with Crippen molar-refractivity contribution in [3.05, 3.63) is 18.6 Å². The van der Waals surface area contributed by atoms with Crippen LogP contribution in [0.2, 0.25) is 0 Å². The van der Waals surface area contributed by atoms with Gasteiger partial charge in [0.05, 0.1) is 24.2 Å². The molecule has 1 spiro atoms. The number of aromatic nitrogens is 2. The summed E-state index contributed by atoms with van der Waals surface area (Å²) in [6, 6.07) is 0. The van der Waals surface area contributed by atoms with Crippen molar-refractivity contribution in [3.8, 4) is 5.88 Å². The quantitative estimate of drug-likeness (QED) is 0.746. The molecule has 2 aliphatic heterocycles. The Morgan fingerprint density at radius 3 is 2.96 bits per heavy atom. The Kier molecular flexibility index (Phi) is 4.84. The average Bonchev–Trinajstić information content (AvgIpc) is 2.52. The zero-order chi connectivity index (χ0) is 16.3. The van der Waals surface area contributed by atoms with E-state index in [-0.39, 0.29) is 23.2 Å². The maximum atomic E-state index is 11.6. The molecule has 3 rings (SSSR count). The second-order valence-electron chi connectivity index (χ2n) is 6.25. The number of likely N-dealkylation sites (tertiary alicyclic amines) is 1. The molecule has 0 saturated carbocycles. The Balaban J connectivity index is 1.48. The molecule has 0 bridgehead atoms. The van der Waals surface area contributed by atoms with Gasteiger partial charge in [-0.3, -0.25) is 9.88 Å². The van der Waals surface area contributed by atoms with Crippen molar-refractivity contribution < 1.29 is 17.9 Å². The van der Waals surface area contributed by atoms with Crippen LogP contribution in [0.5, 0.6) is 5.88 Å². The van der Waals surface area contributed by atoms with Crippen molar-refractivity contribution in [3.63, 3.8) is 0 Å². The van der Waals surface area contributed by atoms with E-state index in [1.165, 1.54) is 0 Å². The Morgan fingerprint density at radius 1 is 1.43 bits per heavy atom. The summed E-state index contributed by atoms with van der Waals surface area (Å²) in [6.07, 6.45) is 6.56. The zero-order valence-corrected chi connectivity index (χ0v) is 14.2. The topological polar surface area (TPSA) is 81.6 Å². The minimum atomic E-state index is -2.91. The molecule has 2 fully saturated rings. The van der Waals surface area contributed by atoms with Crippen LogP contribution in [0.3, 0.4) is 0 Å².